The van der Waals surface area contributed by atoms with Crippen molar-refractivity contribution in [2.45, 2.75) is 19.2 Å². The predicted molar refractivity (Wildman–Crippen MR) is 89.7 cm³/mol. The Morgan fingerprint density at radius 1 is 1.32 bits per heavy atom. The maximum Gasteiger partial charge on any atom is 0.341 e. The molecule has 4 nitrogen and oxygen atoms in total. The Balaban J connectivity index is 2.39. The maximum absolute atomic E-state index is 12.1. The zero-order chi connectivity index (χ0) is 16.1. The number of benzene rings is 1. The number of carbonyl (C=O) groups excluding carboxylic acids is 2. The Labute approximate surface area is 138 Å². The van der Waals surface area contributed by atoms with Crippen molar-refractivity contribution >= 4 is 39.8 Å². The van der Waals surface area contributed by atoms with Crippen molar-refractivity contribution in [3.8, 4) is 10.4 Å². The fourth-order valence-corrected chi connectivity index (χ4v) is 2.91. The summed E-state index contributed by atoms with van der Waals surface area (Å²) in [5, 5.41) is 2.46. The Kier molecular flexibility index (Phi) is 5.57. The highest BCUT2D eigenvalue weighted by atomic mass is 35.5. The van der Waals surface area contributed by atoms with Gasteiger partial charge in [0.1, 0.15) is 10.4 Å². The molecule has 0 aliphatic rings. The van der Waals surface area contributed by atoms with Crippen LogP contribution in [-0.4, -0.2) is 23.9 Å². The molecule has 2 aromatic rings. The minimum Gasteiger partial charge on any atom is -0.462 e. The minimum absolute atomic E-state index is 0.272. The van der Waals surface area contributed by atoms with E-state index in [0.29, 0.717) is 10.6 Å². The number of carbonyl (C=O) groups is 2. The Hall–Kier alpha value is -1.85. The fourth-order valence-electron chi connectivity index (χ4n) is 1.80. The highest BCUT2D eigenvalue weighted by molar-refractivity contribution is 7.20. The molecule has 0 unspecified atom stereocenters. The Morgan fingerprint density at radius 3 is 2.59 bits per heavy atom. The molecule has 1 aromatic carbocycles. The highest BCUT2D eigenvalue weighted by Gasteiger charge is 2.21. The van der Waals surface area contributed by atoms with Gasteiger partial charge in [-0.2, -0.15) is 0 Å². The second kappa shape index (κ2) is 7.42. The van der Waals surface area contributed by atoms with Crippen LogP contribution in [0.4, 0.5) is 5.00 Å². The van der Waals surface area contributed by atoms with Crippen molar-refractivity contribution < 1.29 is 14.3 Å². The molecule has 0 spiro atoms. The van der Waals surface area contributed by atoms with Crippen LogP contribution in [-0.2, 0) is 9.53 Å². The third-order valence-electron chi connectivity index (χ3n) is 2.88. The zero-order valence-electron chi connectivity index (χ0n) is 12.3. The molecule has 1 aromatic heterocycles. The second-order valence-corrected chi connectivity index (χ2v) is 6.25. The molecule has 116 valence electrons. The molecular weight excluding hydrogens is 322 g/mol. The van der Waals surface area contributed by atoms with E-state index in [9.17, 15) is 9.59 Å². The monoisotopic (exact) mass is 337 g/mol. The van der Waals surface area contributed by atoms with Gasteiger partial charge in [-0.05, 0) is 25.5 Å². The molecule has 0 saturated carbocycles. The summed E-state index contributed by atoms with van der Waals surface area (Å²) in [6.45, 7) is 3.59. The summed E-state index contributed by atoms with van der Waals surface area (Å²) in [7, 11) is 0. The van der Waals surface area contributed by atoms with Crippen LogP contribution in [0.15, 0.2) is 36.4 Å². The molecule has 0 aliphatic heterocycles. The summed E-state index contributed by atoms with van der Waals surface area (Å²) in [6.07, 6.45) is 0. The number of nitrogens with one attached hydrogen (secondary N) is 1. The number of rotatable bonds is 5. The summed E-state index contributed by atoms with van der Waals surface area (Å²) in [5.41, 5.74) is 1.31. The van der Waals surface area contributed by atoms with Crippen LogP contribution in [0.2, 0.25) is 0 Å². The molecule has 1 N–H and O–H groups in total. The van der Waals surface area contributed by atoms with E-state index in [1.54, 1.807) is 19.9 Å². The summed E-state index contributed by atoms with van der Waals surface area (Å²) in [4.78, 5) is 24.7. The van der Waals surface area contributed by atoms with Crippen molar-refractivity contribution in [2.75, 3.05) is 11.9 Å². The van der Waals surface area contributed by atoms with Crippen molar-refractivity contribution in [3.05, 3.63) is 42.0 Å². The fraction of sp³-hybridized carbons (Fsp3) is 0.250. The van der Waals surface area contributed by atoms with Gasteiger partial charge in [0.2, 0.25) is 5.91 Å². The van der Waals surface area contributed by atoms with E-state index in [-0.39, 0.29) is 12.5 Å². The standard InChI is InChI=1S/C16H16ClNO3S/c1-3-21-16(20)12-9-13(11-7-5-4-6-8-11)22-15(12)18-14(19)10(2)17/h4-10H,3H2,1-2H3,(H,18,19)/t10-/m1/s1. The largest absolute Gasteiger partial charge is 0.462 e. The quantitative estimate of drug-likeness (QED) is 0.658. The van der Waals surface area contributed by atoms with Crippen molar-refractivity contribution in [2.24, 2.45) is 0 Å². The molecule has 2 rings (SSSR count). The first-order valence-electron chi connectivity index (χ1n) is 6.84. The maximum atomic E-state index is 12.1. The van der Waals surface area contributed by atoms with Crippen LogP contribution in [0.3, 0.4) is 0 Å². The van der Waals surface area contributed by atoms with Crippen molar-refractivity contribution in [1.29, 1.82) is 0 Å². The van der Waals surface area contributed by atoms with E-state index in [1.165, 1.54) is 11.3 Å². The number of amides is 1. The normalized spacial score (nSPS) is 11.8. The molecule has 0 aliphatic carbocycles. The predicted octanol–water partition coefficient (Wildman–Crippen LogP) is 4.16. The molecule has 0 radical (unpaired) electrons. The Bertz CT molecular complexity index is 667. The van der Waals surface area contributed by atoms with Crippen LogP contribution in [0.25, 0.3) is 10.4 Å². The highest BCUT2D eigenvalue weighted by Crippen LogP contribution is 2.36. The Morgan fingerprint density at radius 2 is 2.00 bits per heavy atom. The lowest BCUT2D eigenvalue weighted by molar-refractivity contribution is -0.115. The van der Waals surface area contributed by atoms with E-state index < -0.39 is 11.3 Å². The van der Waals surface area contributed by atoms with E-state index in [1.807, 2.05) is 30.3 Å². The topological polar surface area (TPSA) is 55.4 Å². The average Bonchev–Trinajstić information content (AvgIpc) is 2.92. The number of thiophene rings is 1. The van der Waals surface area contributed by atoms with Crippen LogP contribution >= 0.6 is 22.9 Å². The molecular formula is C16H16ClNO3S. The lowest BCUT2D eigenvalue weighted by Crippen LogP contribution is -2.21. The van der Waals surface area contributed by atoms with Gasteiger partial charge in [-0.1, -0.05) is 30.3 Å². The third kappa shape index (κ3) is 3.87. The minimum atomic E-state index is -0.683. The number of esters is 1. The van der Waals surface area contributed by atoms with Crippen LogP contribution in [0.5, 0.6) is 0 Å². The first kappa shape index (κ1) is 16.5. The zero-order valence-corrected chi connectivity index (χ0v) is 13.8. The van der Waals surface area contributed by atoms with Gasteiger partial charge in [0.05, 0.1) is 12.2 Å². The van der Waals surface area contributed by atoms with Crippen LogP contribution in [0, 0.1) is 0 Å². The molecule has 1 heterocycles. The van der Waals surface area contributed by atoms with Gasteiger partial charge >= 0.3 is 5.97 Å². The van der Waals surface area contributed by atoms with Crippen molar-refractivity contribution in [1.82, 2.24) is 0 Å². The number of hydrogen-bond donors (Lipinski definition) is 1. The van der Waals surface area contributed by atoms with Gasteiger partial charge in [0.15, 0.2) is 0 Å². The van der Waals surface area contributed by atoms with E-state index >= 15 is 0 Å². The molecule has 1 amide bonds. The van der Waals surface area contributed by atoms with Gasteiger partial charge in [-0.15, -0.1) is 22.9 Å². The number of alkyl halides is 1. The lowest BCUT2D eigenvalue weighted by Gasteiger charge is -2.06. The molecule has 1 atom stereocenters. The SMILES string of the molecule is CCOC(=O)c1cc(-c2ccccc2)sc1NC(=O)[C@@H](C)Cl. The average molecular weight is 338 g/mol. The van der Waals surface area contributed by atoms with Crippen LogP contribution < -0.4 is 5.32 Å². The molecule has 0 bridgehead atoms. The first-order chi connectivity index (χ1) is 10.5. The summed E-state index contributed by atoms with van der Waals surface area (Å²) < 4.78 is 5.04. The number of anilines is 1. The molecule has 0 saturated heterocycles. The summed E-state index contributed by atoms with van der Waals surface area (Å²) >= 11 is 7.09. The van der Waals surface area contributed by atoms with E-state index in [0.717, 1.165) is 10.4 Å². The molecule has 22 heavy (non-hydrogen) atoms. The van der Waals surface area contributed by atoms with Gasteiger partial charge in [-0.25, -0.2) is 4.79 Å². The molecule has 6 heteroatoms. The number of hydrogen-bond acceptors (Lipinski definition) is 4. The smallest absolute Gasteiger partial charge is 0.341 e. The van der Waals surface area contributed by atoms with Gasteiger partial charge in [-0.3, -0.25) is 4.79 Å². The summed E-state index contributed by atoms with van der Waals surface area (Å²) in [5.74, 6) is -0.813. The van der Waals surface area contributed by atoms with Gasteiger partial charge in [0, 0.05) is 4.88 Å². The van der Waals surface area contributed by atoms with Crippen LogP contribution in [0.1, 0.15) is 24.2 Å². The van der Waals surface area contributed by atoms with Crippen molar-refractivity contribution in [3.63, 3.8) is 0 Å². The van der Waals surface area contributed by atoms with E-state index in [4.69, 9.17) is 16.3 Å². The lowest BCUT2D eigenvalue weighted by atomic mass is 10.1. The van der Waals surface area contributed by atoms with E-state index in [2.05, 4.69) is 5.32 Å². The van der Waals surface area contributed by atoms with Gasteiger partial charge < -0.3 is 10.1 Å². The number of ether oxygens (including phenoxy) is 1. The summed E-state index contributed by atoms with van der Waals surface area (Å²) in [6, 6.07) is 11.4. The van der Waals surface area contributed by atoms with Gasteiger partial charge in [0.25, 0.3) is 0 Å². The molecule has 0 fully saturated rings. The second-order valence-electron chi connectivity index (χ2n) is 4.55. The first-order valence-corrected chi connectivity index (χ1v) is 8.09. The number of halogens is 1. The third-order valence-corrected chi connectivity index (χ3v) is 4.18.